The SMILES string of the molecule is O=C(NC(CO)CO)[C@@]1(CCS(=O)(=O)c2ccccc2)COC(c2ccc(OCCCO)cc2)=N1. The average molecular weight is 507 g/mol. The van der Waals surface area contributed by atoms with Gasteiger partial charge in [0.15, 0.2) is 15.4 Å². The second kappa shape index (κ2) is 12.1. The number of rotatable bonds is 13. The van der Waals surface area contributed by atoms with Crippen molar-refractivity contribution >= 4 is 21.6 Å². The minimum atomic E-state index is -3.70. The third-order valence-electron chi connectivity index (χ3n) is 5.52. The highest BCUT2D eigenvalue weighted by molar-refractivity contribution is 7.91. The number of benzene rings is 2. The second-order valence-electron chi connectivity index (χ2n) is 8.10. The lowest BCUT2D eigenvalue weighted by Crippen LogP contribution is -2.52. The van der Waals surface area contributed by atoms with Crippen LogP contribution in [0.15, 0.2) is 64.5 Å². The van der Waals surface area contributed by atoms with Crippen molar-refractivity contribution in [1.82, 2.24) is 5.32 Å². The largest absolute Gasteiger partial charge is 0.494 e. The van der Waals surface area contributed by atoms with Crippen LogP contribution in [0.25, 0.3) is 0 Å². The molecule has 4 N–H and O–H groups in total. The third kappa shape index (κ3) is 6.79. The molecule has 1 aliphatic heterocycles. The molecule has 35 heavy (non-hydrogen) atoms. The Kier molecular flexibility index (Phi) is 9.21. The molecule has 0 fully saturated rings. The minimum absolute atomic E-state index is 0.0281. The number of nitrogens with zero attached hydrogens (tertiary/aromatic N) is 1. The van der Waals surface area contributed by atoms with Gasteiger partial charge in [-0.05, 0) is 42.8 Å². The lowest BCUT2D eigenvalue weighted by molar-refractivity contribution is -0.128. The van der Waals surface area contributed by atoms with Gasteiger partial charge in [-0.15, -0.1) is 0 Å². The summed E-state index contributed by atoms with van der Waals surface area (Å²) >= 11 is 0. The number of aliphatic hydroxyl groups excluding tert-OH is 3. The average Bonchev–Trinajstić information content (AvgIpc) is 3.33. The first-order valence-electron chi connectivity index (χ1n) is 11.2. The molecule has 0 radical (unpaired) electrons. The van der Waals surface area contributed by atoms with Crippen LogP contribution in [0.5, 0.6) is 5.75 Å². The van der Waals surface area contributed by atoms with E-state index in [2.05, 4.69) is 10.3 Å². The van der Waals surface area contributed by atoms with E-state index in [0.29, 0.717) is 24.3 Å². The first kappa shape index (κ1) is 26.6. The molecule has 2 aromatic rings. The Labute approximate surface area is 204 Å². The van der Waals surface area contributed by atoms with E-state index >= 15 is 0 Å². The van der Waals surface area contributed by atoms with Crippen LogP contribution in [0.1, 0.15) is 18.4 Å². The van der Waals surface area contributed by atoms with Gasteiger partial charge in [0.05, 0.1) is 36.5 Å². The van der Waals surface area contributed by atoms with Crippen LogP contribution in [0.4, 0.5) is 0 Å². The normalized spacial score (nSPS) is 17.7. The van der Waals surface area contributed by atoms with Gasteiger partial charge in [-0.3, -0.25) is 4.79 Å². The van der Waals surface area contributed by atoms with E-state index in [1.165, 1.54) is 12.1 Å². The number of carbonyl (C=O) groups excluding carboxylic acids is 1. The number of sulfone groups is 1. The van der Waals surface area contributed by atoms with Gasteiger partial charge in [-0.25, -0.2) is 13.4 Å². The van der Waals surface area contributed by atoms with E-state index < -0.39 is 40.5 Å². The predicted octanol–water partition coefficient (Wildman–Crippen LogP) is 0.297. The van der Waals surface area contributed by atoms with Gasteiger partial charge < -0.3 is 30.1 Å². The molecule has 0 bridgehead atoms. The maximum absolute atomic E-state index is 13.2. The Morgan fingerprint density at radius 3 is 2.40 bits per heavy atom. The standard InChI is InChI=1S/C24H30N2O8S/c27-12-4-13-33-20-9-7-18(8-10-20)22-26-24(17-34-22,23(30)25-19(15-28)16-29)11-14-35(31,32)21-5-2-1-3-6-21/h1-3,5-10,19,27-29H,4,11-17H2,(H,25,30)/t24-/m1/s1. The molecule has 0 aliphatic carbocycles. The summed E-state index contributed by atoms with van der Waals surface area (Å²) in [6.45, 7) is -0.786. The number of aliphatic hydroxyl groups is 3. The van der Waals surface area contributed by atoms with Crippen molar-refractivity contribution in [3.8, 4) is 5.75 Å². The van der Waals surface area contributed by atoms with Crippen molar-refractivity contribution in [2.24, 2.45) is 4.99 Å². The molecule has 10 nitrogen and oxygen atoms in total. The monoisotopic (exact) mass is 506 g/mol. The molecule has 1 atom stereocenters. The predicted molar refractivity (Wildman–Crippen MR) is 128 cm³/mol. The van der Waals surface area contributed by atoms with Gasteiger partial charge in [0, 0.05) is 18.6 Å². The van der Waals surface area contributed by atoms with Crippen molar-refractivity contribution < 1.29 is 38.0 Å². The number of ether oxygens (including phenoxy) is 2. The van der Waals surface area contributed by atoms with E-state index in [1.54, 1.807) is 42.5 Å². The summed E-state index contributed by atoms with van der Waals surface area (Å²) in [7, 11) is -3.70. The molecule has 1 amide bonds. The Hall–Kier alpha value is -2.99. The van der Waals surface area contributed by atoms with Crippen LogP contribution >= 0.6 is 0 Å². The van der Waals surface area contributed by atoms with Gasteiger partial charge in [0.1, 0.15) is 12.4 Å². The topological polar surface area (TPSA) is 155 Å². The van der Waals surface area contributed by atoms with E-state index in [9.17, 15) is 23.4 Å². The van der Waals surface area contributed by atoms with E-state index in [-0.39, 0.29) is 36.2 Å². The summed E-state index contributed by atoms with van der Waals surface area (Å²) in [5.74, 6) is -0.241. The Morgan fingerprint density at radius 2 is 1.77 bits per heavy atom. The zero-order chi connectivity index (χ0) is 25.3. The van der Waals surface area contributed by atoms with Gasteiger partial charge >= 0.3 is 0 Å². The zero-order valence-electron chi connectivity index (χ0n) is 19.2. The molecule has 11 heteroatoms. The van der Waals surface area contributed by atoms with Gasteiger partial charge in [0.2, 0.25) is 5.90 Å². The molecule has 0 aromatic heterocycles. The van der Waals surface area contributed by atoms with Crippen LogP contribution in [0.2, 0.25) is 0 Å². The molecule has 1 heterocycles. The first-order chi connectivity index (χ1) is 16.8. The van der Waals surface area contributed by atoms with E-state index in [0.717, 1.165) is 0 Å². The lowest BCUT2D eigenvalue weighted by atomic mass is 9.97. The fourth-order valence-electron chi connectivity index (χ4n) is 3.42. The summed E-state index contributed by atoms with van der Waals surface area (Å²) in [6, 6.07) is 13.8. The summed E-state index contributed by atoms with van der Waals surface area (Å²) in [5.41, 5.74) is -0.989. The van der Waals surface area contributed by atoms with Gasteiger partial charge in [-0.2, -0.15) is 0 Å². The molecule has 0 spiro atoms. The Bertz CT molecular complexity index is 1100. The molecule has 0 unspecified atom stereocenters. The van der Waals surface area contributed by atoms with Crippen LogP contribution in [-0.4, -0.2) is 85.9 Å². The first-order valence-corrected chi connectivity index (χ1v) is 12.9. The number of hydrogen-bond acceptors (Lipinski definition) is 9. The van der Waals surface area contributed by atoms with Crippen molar-refractivity contribution in [3.63, 3.8) is 0 Å². The maximum Gasteiger partial charge on any atom is 0.252 e. The van der Waals surface area contributed by atoms with E-state index in [4.69, 9.17) is 14.6 Å². The third-order valence-corrected chi connectivity index (χ3v) is 7.25. The van der Waals surface area contributed by atoms with Crippen LogP contribution in [0, 0.1) is 0 Å². The van der Waals surface area contributed by atoms with Gasteiger partial charge in [-0.1, -0.05) is 18.2 Å². The zero-order valence-corrected chi connectivity index (χ0v) is 20.0. The fourth-order valence-corrected chi connectivity index (χ4v) is 4.83. The summed E-state index contributed by atoms with van der Waals surface area (Å²) in [6.07, 6.45) is 0.343. The van der Waals surface area contributed by atoms with Crippen LogP contribution in [-0.2, 0) is 19.4 Å². The van der Waals surface area contributed by atoms with Crippen LogP contribution < -0.4 is 10.1 Å². The minimum Gasteiger partial charge on any atom is -0.494 e. The highest BCUT2D eigenvalue weighted by atomic mass is 32.2. The number of amides is 1. The van der Waals surface area contributed by atoms with E-state index in [1.807, 2.05) is 0 Å². The molecule has 0 saturated carbocycles. The number of carbonyl (C=O) groups is 1. The highest BCUT2D eigenvalue weighted by Crippen LogP contribution is 2.28. The quantitative estimate of drug-likeness (QED) is 0.283. The number of hydrogen-bond donors (Lipinski definition) is 4. The van der Waals surface area contributed by atoms with Crippen LogP contribution in [0.3, 0.4) is 0 Å². The molecule has 2 aromatic carbocycles. The number of nitrogens with one attached hydrogen (secondary N) is 1. The molecular weight excluding hydrogens is 476 g/mol. The van der Waals surface area contributed by atoms with Crippen molar-refractivity contribution in [2.75, 3.05) is 38.8 Å². The molecule has 1 aliphatic rings. The highest BCUT2D eigenvalue weighted by Gasteiger charge is 2.45. The Balaban J connectivity index is 1.84. The summed E-state index contributed by atoms with van der Waals surface area (Å²) < 4.78 is 37.0. The second-order valence-corrected chi connectivity index (χ2v) is 10.2. The molecule has 3 rings (SSSR count). The smallest absolute Gasteiger partial charge is 0.252 e. The fraction of sp³-hybridized carbons (Fsp3) is 0.417. The molecular formula is C24H30N2O8S. The molecule has 0 saturated heterocycles. The van der Waals surface area contributed by atoms with Crippen molar-refractivity contribution in [3.05, 3.63) is 60.2 Å². The van der Waals surface area contributed by atoms with Gasteiger partial charge in [0.25, 0.3) is 5.91 Å². The maximum atomic E-state index is 13.2. The van der Waals surface area contributed by atoms with Crippen molar-refractivity contribution in [1.29, 1.82) is 0 Å². The Morgan fingerprint density at radius 1 is 1.09 bits per heavy atom. The van der Waals surface area contributed by atoms with Crippen molar-refractivity contribution in [2.45, 2.75) is 29.3 Å². The number of aliphatic imine (C=N–C) groups is 1. The summed E-state index contributed by atoms with van der Waals surface area (Å²) in [5, 5.41) is 30.1. The summed E-state index contributed by atoms with van der Waals surface area (Å²) in [4.78, 5) is 17.8. The lowest BCUT2D eigenvalue weighted by Gasteiger charge is -2.25. The molecule has 190 valence electrons.